The maximum Gasteiger partial charge on any atom is 0.0617 e. The molecule has 0 heterocycles. The highest BCUT2D eigenvalue weighted by molar-refractivity contribution is 6.39. The molecule has 1 aliphatic carbocycles. The van der Waals surface area contributed by atoms with Crippen LogP contribution < -0.4 is 10.6 Å². The zero-order valence-electron chi connectivity index (χ0n) is 9.81. The molecular weight excluding hydrogens is 188 g/mol. The van der Waals surface area contributed by atoms with Crippen molar-refractivity contribution in [2.75, 3.05) is 13.1 Å². The van der Waals surface area contributed by atoms with Gasteiger partial charge >= 0.3 is 0 Å². The van der Waals surface area contributed by atoms with Crippen LogP contribution in [0.2, 0.25) is 5.54 Å². The Morgan fingerprint density at radius 1 is 1.07 bits per heavy atom. The van der Waals surface area contributed by atoms with Gasteiger partial charge < -0.3 is 10.6 Å². The monoisotopic (exact) mass is 214 g/mol. The van der Waals surface area contributed by atoms with Crippen molar-refractivity contribution in [3.63, 3.8) is 0 Å². The van der Waals surface area contributed by atoms with Crippen LogP contribution in [0.5, 0.6) is 0 Å². The van der Waals surface area contributed by atoms with Gasteiger partial charge in [0, 0.05) is 5.79 Å². The van der Waals surface area contributed by atoms with Crippen LogP contribution in [0.4, 0.5) is 0 Å². The molecule has 0 aromatic carbocycles. The van der Waals surface area contributed by atoms with Gasteiger partial charge in [-0.15, -0.1) is 0 Å². The summed E-state index contributed by atoms with van der Waals surface area (Å²) >= 11 is 0. The predicted octanol–water partition coefficient (Wildman–Crippen LogP) is 1.41. The third-order valence-corrected chi connectivity index (χ3v) is 5.73. The topological polar surface area (TPSA) is 24.1 Å². The fourth-order valence-electron chi connectivity index (χ4n) is 2.49. The number of nitrogens with one attached hydrogen (secondary N) is 2. The van der Waals surface area contributed by atoms with Crippen molar-refractivity contribution in [1.82, 2.24) is 10.6 Å². The molecule has 0 bridgehead atoms. The second-order valence-electron chi connectivity index (χ2n) is 4.41. The smallest absolute Gasteiger partial charge is 0.0617 e. The van der Waals surface area contributed by atoms with Gasteiger partial charge in [-0.1, -0.05) is 46.0 Å². The molecule has 0 aromatic rings. The van der Waals surface area contributed by atoms with Gasteiger partial charge in [-0.3, -0.25) is 0 Å². The number of rotatable bonds is 6. The molecule has 14 heavy (non-hydrogen) atoms. The van der Waals surface area contributed by atoms with Crippen molar-refractivity contribution in [2.24, 2.45) is 0 Å². The molecule has 84 valence electrons. The summed E-state index contributed by atoms with van der Waals surface area (Å²) in [5.74, 6) is 0.688. The van der Waals surface area contributed by atoms with E-state index in [0.717, 1.165) is 18.6 Å². The molecule has 0 unspecified atom stereocenters. The summed E-state index contributed by atoms with van der Waals surface area (Å²) in [6.07, 6.45) is 7.49. The molecule has 2 nitrogen and oxygen atoms in total. The van der Waals surface area contributed by atoms with E-state index >= 15 is 0 Å². The molecule has 0 saturated heterocycles. The molecule has 1 fully saturated rings. The van der Waals surface area contributed by atoms with E-state index in [-0.39, 0.29) is 9.52 Å². The van der Waals surface area contributed by atoms with Crippen LogP contribution in [0.1, 0.15) is 46.0 Å². The molecular formula is C11H26N2Si. The molecule has 0 radical (unpaired) electrons. The minimum Gasteiger partial charge on any atom is -0.306 e. The van der Waals surface area contributed by atoms with Crippen molar-refractivity contribution in [2.45, 2.75) is 57.3 Å². The van der Waals surface area contributed by atoms with Gasteiger partial charge in [0.25, 0.3) is 0 Å². The highest BCUT2D eigenvalue weighted by Gasteiger charge is 2.18. The number of hydrogen-bond donors (Lipinski definition) is 2. The number of hydrogen-bond acceptors (Lipinski definition) is 2. The lowest BCUT2D eigenvalue weighted by Crippen LogP contribution is -2.48. The summed E-state index contributed by atoms with van der Waals surface area (Å²) in [5, 5.41) is 7.16. The summed E-state index contributed by atoms with van der Waals surface area (Å²) in [6, 6.07) is 0. The largest absolute Gasteiger partial charge is 0.306 e. The van der Waals surface area contributed by atoms with E-state index in [1.807, 2.05) is 0 Å². The highest BCUT2D eigenvalue weighted by Crippen LogP contribution is 2.27. The molecule has 0 atom stereocenters. The summed E-state index contributed by atoms with van der Waals surface area (Å²) in [4.78, 5) is 0. The van der Waals surface area contributed by atoms with Crippen LogP contribution in [0, 0.1) is 0 Å². The Bertz CT molecular complexity index is 129. The van der Waals surface area contributed by atoms with E-state index in [9.17, 15) is 0 Å². The summed E-state index contributed by atoms with van der Waals surface area (Å²) in [5.41, 5.74) is 1.10. The Labute approximate surface area is 91.1 Å². The maximum atomic E-state index is 3.58. The molecule has 0 aromatic heterocycles. The SMILES string of the molecule is CCNC(NCC)[SiH2]C1CCCCC1. The fourth-order valence-corrected chi connectivity index (χ4v) is 5.11. The van der Waals surface area contributed by atoms with Gasteiger partial charge in [-0.05, 0) is 18.6 Å². The first-order valence-electron chi connectivity index (χ1n) is 6.33. The first-order chi connectivity index (χ1) is 6.86. The van der Waals surface area contributed by atoms with Gasteiger partial charge in [0.15, 0.2) is 0 Å². The molecule has 0 spiro atoms. The van der Waals surface area contributed by atoms with Gasteiger partial charge in [-0.25, -0.2) is 0 Å². The van der Waals surface area contributed by atoms with E-state index in [4.69, 9.17) is 0 Å². The van der Waals surface area contributed by atoms with Crippen LogP contribution in [-0.2, 0) is 0 Å². The first kappa shape index (κ1) is 12.2. The molecule has 0 amide bonds. The standard InChI is InChI=1S/C11H26N2Si/c1-3-12-11(13-4-2)14-10-8-6-5-7-9-10/h10-13H,3-9,14H2,1-2H3. The quantitative estimate of drug-likeness (QED) is 0.516. The minimum atomic E-state index is 0.0353. The second kappa shape index (κ2) is 7.43. The van der Waals surface area contributed by atoms with Gasteiger partial charge in [0.2, 0.25) is 0 Å². The Hall–Kier alpha value is 0.137. The van der Waals surface area contributed by atoms with Gasteiger partial charge in [0.05, 0.1) is 9.52 Å². The Kier molecular flexibility index (Phi) is 6.48. The van der Waals surface area contributed by atoms with Crippen molar-refractivity contribution >= 4 is 9.52 Å². The van der Waals surface area contributed by atoms with Crippen molar-refractivity contribution in [3.05, 3.63) is 0 Å². The van der Waals surface area contributed by atoms with Crippen molar-refractivity contribution in [3.8, 4) is 0 Å². The molecule has 3 heteroatoms. The Morgan fingerprint density at radius 2 is 1.64 bits per heavy atom. The molecule has 1 saturated carbocycles. The van der Waals surface area contributed by atoms with Crippen LogP contribution in [0.15, 0.2) is 0 Å². The summed E-state index contributed by atoms with van der Waals surface area (Å²) in [7, 11) is 0.0353. The highest BCUT2D eigenvalue weighted by atomic mass is 28.2. The van der Waals surface area contributed by atoms with Crippen LogP contribution in [0.25, 0.3) is 0 Å². The normalized spacial score (nSPS) is 19.9. The predicted molar refractivity (Wildman–Crippen MR) is 66.5 cm³/mol. The zero-order valence-corrected chi connectivity index (χ0v) is 11.2. The molecule has 2 N–H and O–H groups in total. The maximum absolute atomic E-state index is 3.58. The van der Waals surface area contributed by atoms with Crippen molar-refractivity contribution in [1.29, 1.82) is 0 Å². The van der Waals surface area contributed by atoms with Crippen LogP contribution in [0.3, 0.4) is 0 Å². The molecule has 0 aliphatic heterocycles. The average molecular weight is 214 g/mol. The third kappa shape index (κ3) is 4.58. The Balaban J connectivity index is 2.21. The first-order valence-corrected chi connectivity index (χ1v) is 7.96. The van der Waals surface area contributed by atoms with Gasteiger partial charge in [0.1, 0.15) is 0 Å². The van der Waals surface area contributed by atoms with Gasteiger partial charge in [-0.2, -0.15) is 0 Å². The summed E-state index contributed by atoms with van der Waals surface area (Å²) < 4.78 is 0. The lowest BCUT2D eigenvalue weighted by atomic mass is 10.0. The zero-order chi connectivity index (χ0) is 10.2. The third-order valence-electron chi connectivity index (χ3n) is 3.19. The van der Waals surface area contributed by atoms with E-state index in [2.05, 4.69) is 24.5 Å². The van der Waals surface area contributed by atoms with E-state index in [0.29, 0.717) is 5.79 Å². The van der Waals surface area contributed by atoms with E-state index in [1.54, 1.807) is 0 Å². The molecule has 1 rings (SSSR count). The van der Waals surface area contributed by atoms with E-state index in [1.165, 1.54) is 32.1 Å². The molecule has 1 aliphatic rings. The van der Waals surface area contributed by atoms with Crippen molar-refractivity contribution < 1.29 is 0 Å². The summed E-state index contributed by atoms with van der Waals surface area (Å²) in [6.45, 7) is 6.63. The average Bonchev–Trinajstić information content (AvgIpc) is 2.20. The lowest BCUT2D eigenvalue weighted by Gasteiger charge is -2.26. The van der Waals surface area contributed by atoms with Crippen LogP contribution in [-0.4, -0.2) is 28.4 Å². The van der Waals surface area contributed by atoms with E-state index < -0.39 is 0 Å². The lowest BCUT2D eigenvalue weighted by molar-refractivity contribution is 0.482. The van der Waals surface area contributed by atoms with Crippen LogP contribution >= 0.6 is 0 Å². The second-order valence-corrected chi connectivity index (χ2v) is 6.85. The fraction of sp³-hybridized carbons (Fsp3) is 1.00. The minimum absolute atomic E-state index is 0.0353. The Morgan fingerprint density at radius 3 is 2.14 bits per heavy atom.